The van der Waals surface area contributed by atoms with Crippen LogP contribution < -0.4 is 14.9 Å². The quantitative estimate of drug-likeness (QED) is 0.155. The zero-order valence-corrected chi connectivity index (χ0v) is 22.5. The minimum absolute atomic E-state index is 0.386. The smallest absolute Gasteiger partial charge is 0.280 e. The van der Waals surface area contributed by atoms with Gasteiger partial charge in [-0.2, -0.15) is 10.2 Å². The lowest BCUT2D eigenvalue weighted by Crippen LogP contribution is -2.33. The molecule has 0 aliphatic rings. The highest BCUT2D eigenvalue weighted by Gasteiger charge is 2.15. The first-order valence-electron chi connectivity index (χ1n) is 12.7. The highest BCUT2D eigenvalue weighted by atomic mass is 35.5. The van der Waals surface area contributed by atoms with Gasteiger partial charge in [0.1, 0.15) is 23.8 Å². The predicted octanol–water partition coefficient (Wildman–Crippen LogP) is 6.69. The molecule has 1 atom stereocenters. The van der Waals surface area contributed by atoms with Gasteiger partial charge in [-0.25, -0.2) is 10.1 Å². The lowest BCUT2D eigenvalue weighted by molar-refractivity contribution is -0.127. The predicted molar refractivity (Wildman–Crippen MR) is 157 cm³/mol. The number of ether oxygens (including phenoxy) is 2. The first-order valence-corrected chi connectivity index (χ1v) is 13.1. The molecule has 8 heteroatoms. The average Bonchev–Trinajstić information content (AvgIpc) is 3.42. The van der Waals surface area contributed by atoms with Gasteiger partial charge in [0.2, 0.25) is 0 Å². The Morgan fingerprint density at radius 3 is 2.27 bits per heavy atom. The molecule has 200 valence electrons. The van der Waals surface area contributed by atoms with Crippen LogP contribution in [0, 0.1) is 0 Å². The van der Waals surface area contributed by atoms with E-state index in [9.17, 15) is 4.79 Å². The van der Waals surface area contributed by atoms with E-state index in [1.165, 1.54) is 0 Å². The maximum atomic E-state index is 12.6. The number of halogens is 1. The average molecular weight is 551 g/mol. The Balaban J connectivity index is 1.31. The first-order chi connectivity index (χ1) is 19.5. The van der Waals surface area contributed by atoms with E-state index < -0.39 is 6.10 Å². The zero-order chi connectivity index (χ0) is 27.7. The van der Waals surface area contributed by atoms with Crippen LogP contribution in [0.3, 0.4) is 0 Å². The van der Waals surface area contributed by atoms with Gasteiger partial charge in [0.15, 0.2) is 6.10 Å². The summed E-state index contributed by atoms with van der Waals surface area (Å²) in [6, 6.07) is 34.4. The largest absolute Gasteiger partial charge is 0.489 e. The number of hydrogen-bond donors (Lipinski definition) is 1. The molecule has 0 radical (unpaired) electrons. The Kier molecular flexibility index (Phi) is 8.53. The van der Waals surface area contributed by atoms with Crippen molar-refractivity contribution >= 4 is 23.7 Å². The van der Waals surface area contributed by atoms with Crippen molar-refractivity contribution in [2.24, 2.45) is 5.10 Å². The lowest BCUT2D eigenvalue weighted by Gasteiger charge is -2.12. The van der Waals surface area contributed by atoms with Crippen molar-refractivity contribution in [1.29, 1.82) is 0 Å². The molecule has 4 aromatic carbocycles. The molecule has 5 rings (SSSR count). The Bertz CT molecular complexity index is 1570. The maximum Gasteiger partial charge on any atom is 0.280 e. The van der Waals surface area contributed by atoms with E-state index in [0.29, 0.717) is 23.1 Å². The molecule has 1 aromatic heterocycles. The third-order valence-electron chi connectivity index (χ3n) is 6.01. The molecule has 1 amide bonds. The third-order valence-corrected chi connectivity index (χ3v) is 6.27. The minimum Gasteiger partial charge on any atom is -0.489 e. The molecule has 40 heavy (non-hydrogen) atoms. The number of nitrogens with zero attached hydrogens (tertiary/aromatic N) is 3. The fourth-order valence-electron chi connectivity index (χ4n) is 3.90. The summed E-state index contributed by atoms with van der Waals surface area (Å²) < 4.78 is 13.4. The Hall–Kier alpha value is -4.88. The molecule has 0 aliphatic heterocycles. The van der Waals surface area contributed by atoms with Crippen molar-refractivity contribution in [2.75, 3.05) is 0 Å². The summed E-state index contributed by atoms with van der Waals surface area (Å²) >= 11 is 5.91. The number of aromatic nitrogens is 2. The zero-order valence-electron chi connectivity index (χ0n) is 21.8. The van der Waals surface area contributed by atoms with Crippen LogP contribution in [0.2, 0.25) is 5.02 Å². The Labute approximate surface area is 237 Å². The second-order valence-electron chi connectivity index (χ2n) is 8.96. The third kappa shape index (κ3) is 6.95. The van der Waals surface area contributed by atoms with Gasteiger partial charge in [-0.3, -0.25) is 4.79 Å². The van der Waals surface area contributed by atoms with Gasteiger partial charge < -0.3 is 9.47 Å². The standard InChI is InChI=1S/C32H27ClN4O3/c1-23(40-30-18-14-27(33)15-19-30)32(38)35-34-20-26-21-37(28-10-6-3-7-11-28)36-31(26)25-12-16-29(17-13-25)39-22-24-8-4-2-5-9-24/h2-21,23H,22H2,1H3,(H,35,38)/b34-20-/t23-/m0/s1. The van der Waals surface area contributed by atoms with E-state index in [1.807, 2.05) is 91.1 Å². The van der Waals surface area contributed by atoms with Crippen LogP contribution in [-0.2, 0) is 11.4 Å². The van der Waals surface area contributed by atoms with Gasteiger partial charge in [-0.15, -0.1) is 0 Å². The maximum absolute atomic E-state index is 12.6. The Morgan fingerprint density at radius 1 is 0.925 bits per heavy atom. The van der Waals surface area contributed by atoms with Crippen molar-refractivity contribution in [2.45, 2.75) is 19.6 Å². The lowest BCUT2D eigenvalue weighted by atomic mass is 10.1. The van der Waals surface area contributed by atoms with E-state index in [0.717, 1.165) is 28.1 Å². The molecule has 0 saturated heterocycles. The highest BCUT2D eigenvalue weighted by Crippen LogP contribution is 2.25. The summed E-state index contributed by atoms with van der Waals surface area (Å²) in [5.41, 5.74) is 6.88. The van der Waals surface area contributed by atoms with Gasteiger partial charge >= 0.3 is 0 Å². The van der Waals surface area contributed by atoms with Gasteiger partial charge in [0, 0.05) is 22.3 Å². The molecule has 1 N–H and O–H groups in total. The molecule has 0 bridgehead atoms. The van der Waals surface area contributed by atoms with Crippen LogP contribution in [0.1, 0.15) is 18.1 Å². The summed E-state index contributed by atoms with van der Waals surface area (Å²) in [5, 5.41) is 9.59. The van der Waals surface area contributed by atoms with E-state index >= 15 is 0 Å². The number of rotatable bonds is 10. The minimum atomic E-state index is -0.756. The van der Waals surface area contributed by atoms with E-state index in [4.69, 9.17) is 26.2 Å². The number of para-hydroxylation sites is 1. The van der Waals surface area contributed by atoms with Crippen molar-refractivity contribution in [3.8, 4) is 28.4 Å². The monoisotopic (exact) mass is 550 g/mol. The van der Waals surface area contributed by atoms with Gasteiger partial charge in [-0.1, -0.05) is 60.1 Å². The summed E-state index contributed by atoms with van der Waals surface area (Å²) in [7, 11) is 0. The number of hydrazone groups is 1. The molecule has 5 aromatic rings. The molecule has 0 aliphatic carbocycles. The summed E-state index contributed by atoms with van der Waals surface area (Å²) in [4.78, 5) is 12.6. The van der Waals surface area contributed by atoms with Crippen LogP contribution in [0.4, 0.5) is 0 Å². The van der Waals surface area contributed by atoms with Crippen LogP contribution >= 0.6 is 11.6 Å². The fourth-order valence-corrected chi connectivity index (χ4v) is 4.02. The number of benzene rings is 4. The second kappa shape index (κ2) is 12.8. The molecule has 0 saturated carbocycles. The molecular weight excluding hydrogens is 524 g/mol. The SMILES string of the molecule is C[C@H](Oc1ccc(Cl)cc1)C(=O)N/N=C\c1cn(-c2ccccc2)nc1-c1ccc(OCc2ccccc2)cc1. The number of nitrogens with one attached hydrogen (secondary N) is 1. The molecule has 1 heterocycles. The van der Waals surface area contributed by atoms with Crippen molar-refractivity contribution in [1.82, 2.24) is 15.2 Å². The number of carbonyl (C=O) groups excluding carboxylic acids is 1. The van der Waals surface area contributed by atoms with Crippen LogP contribution in [0.25, 0.3) is 16.9 Å². The van der Waals surface area contributed by atoms with E-state index in [1.54, 1.807) is 42.1 Å². The van der Waals surface area contributed by atoms with Crippen LogP contribution in [0.15, 0.2) is 120 Å². The fraction of sp³-hybridized carbons (Fsp3) is 0.0938. The topological polar surface area (TPSA) is 77.7 Å². The number of carbonyl (C=O) groups is 1. The molecule has 0 fully saturated rings. The molecular formula is C32H27ClN4O3. The summed E-state index contributed by atoms with van der Waals surface area (Å²) in [5.74, 6) is 0.911. The highest BCUT2D eigenvalue weighted by molar-refractivity contribution is 6.30. The number of amides is 1. The molecule has 0 unspecified atom stereocenters. The van der Waals surface area contributed by atoms with Crippen molar-refractivity contribution in [3.63, 3.8) is 0 Å². The van der Waals surface area contributed by atoms with Gasteiger partial charge in [0.05, 0.1) is 11.9 Å². The van der Waals surface area contributed by atoms with Crippen molar-refractivity contribution in [3.05, 3.63) is 132 Å². The van der Waals surface area contributed by atoms with Gasteiger partial charge in [-0.05, 0) is 73.2 Å². The molecule has 7 nitrogen and oxygen atoms in total. The first kappa shape index (κ1) is 26.7. The second-order valence-corrected chi connectivity index (χ2v) is 9.40. The summed E-state index contributed by atoms with van der Waals surface area (Å²) in [6.07, 6.45) is 2.69. The van der Waals surface area contributed by atoms with E-state index in [-0.39, 0.29) is 5.91 Å². The summed E-state index contributed by atoms with van der Waals surface area (Å²) in [6.45, 7) is 2.14. The van der Waals surface area contributed by atoms with Crippen LogP contribution in [-0.4, -0.2) is 28.0 Å². The van der Waals surface area contributed by atoms with E-state index in [2.05, 4.69) is 10.5 Å². The Morgan fingerprint density at radius 2 is 1.57 bits per heavy atom. The van der Waals surface area contributed by atoms with Crippen molar-refractivity contribution < 1.29 is 14.3 Å². The molecule has 0 spiro atoms. The van der Waals surface area contributed by atoms with Gasteiger partial charge in [0.25, 0.3) is 5.91 Å². The van der Waals surface area contributed by atoms with Crippen LogP contribution in [0.5, 0.6) is 11.5 Å². The number of hydrogen-bond acceptors (Lipinski definition) is 5. The normalized spacial score (nSPS) is 11.8.